The first-order valence-corrected chi connectivity index (χ1v) is 7.72. The maximum atomic E-state index is 11.6. The molecule has 0 saturated heterocycles. The number of aliphatic hydroxyl groups is 1. The van der Waals surface area contributed by atoms with Gasteiger partial charge in [-0.2, -0.15) is 0 Å². The third kappa shape index (κ3) is 5.51. The molecule has 23 heavy (non-hydrogen) atoms. The molecule has 0 aliphatic rings. The first kappa shape index (κ1) is 17.2. The Morgan fingerprint density at radius 2 is 1.48 bits per heavy atom. The van der Waals surface area contributed by atoms with Crippen molar-refractivity contribution in [3.63, 3.8) is 0 Å². The fraction of sp³-hybridized carbons (Fsp3) is 0.316. The van der Waals surface area contributed by atoms with E-state index in [0.717, 1.165) is 11.1 Å². The van der Waals surface area contributed by atoms with Crippen molar-refractivity contribution in [1.82, 2.24) is 4.90 Å². The molecule has 0 spiro atoms. The number of carbonyl (C=O) groups is 1. The maximum absolute atomic E-state index is 11.6. The van der Waals surface area contributed by atoms with Gasteiger partial charge in [-0.15, -0.1) is 0 Å². The van der Waals surface area contributed by atoms with E-state index in [1.807, 2.05) is 60.7 Å². The highest BCUT2D eigenvalue weighted by Crippen LogP contribution is 2.15. The van der Waals surface area contributed by atoms with E-state index in [9.17, 15) is 9.90 Å². The van der Waals surface area contributed by atoms with E-state index in [2.05, 4.69) is 4.90 Å². The summed E-state index contributed by atoms with van der Waals surface area (Å²) in [4.78, 5) is 13.7. The van der Waals surface area contributed by atoms with Crippen LogP contribution >= 0.6 is 0 Å². The fourth-order valence-corrected chi connectivity index (χ4v) is 2.53. The lowest BCUT2D eigenvalue weighted by atomic mass is 10.1. The average molecular weight is 313 g/mol. The number of rotatable bonds is 8. The molecule has 0 amide bonds. The van der Waals surface area contributed by atoms with Crippen molar-refractivity contribution in [3.05, 3.63) is 71.8 Å². The van der Waals surface area contributed by atoms with Gasteiger partial charge in [-0.1, -0.05) is 60.7 Å². The summed E-state index contributed by atoms with van der Waals surface area (Å²) in [5, 5.41) is 9.75. The molecule has 0 saturated carbocycles. The van der Waals surface area contributed by atoms with Crippen molar-refractivity contribution in [3.8, 4) is 0 Å². The zero-order valence-corrected chi connectivity index (χ0v) is 13.4. The summed E-state index contributed by atoms with van der Waals surface area (Å²) in [6.45, 7) is 1.24. The molecular formula is C19H23NO3. The van der Waals surface area contributed by atoms with E-state index in [1.54, 1.807) is 0 Å². The second-order valence-electron chi connectivity index (χ2n) is 5.49. The van der Waals surface area contributed by atoms with Crippen LogP contribution in [0.5, 0.6) is 0 Å². The standard InChI is InChI=1S/C19H23NO3/c1-23-19(22)12-18(15-21)20(13-16-8-4-2-5-9-16)14-17-10-6-3-7-11-17/h2-11,18,21H,12-15H2,1H3. The van der Waals surface area contributed by atoms with Gasteiger partial charge in [0, 0.05) is 19.1 Å². The topological polar surface area (TPSA) is 49.8 Å². The minimum absolute atomic E-state index is 0.0885. The van der Waals surface area contributed by atoms with E-state index in [-0.39, 0.29) is 25.0 Å². The van der Waals surface area contributed by atoms with Gasteiger partial charge in [0.05, 0.1) is 20.1 Å². The van der Waals surface area contributed by atoms with E-state index in [0.29, 0.717) is 13.1 Å². The molecule has 1 atom stereocenters. The van der Waals surface area contributed by atoms with Crippen LogP contribution in [0, 0.1) is 0 Å². The Kier molecular flexibility index (Phi) is 6.78. The monoisotopic (exact) mass is 313 g/mol. The van der Waals surface area contributed by atoms with Crippen LogP contribution in [0.2, 0.25) is 0 Å². The Bertz CT molecular complexity index is 545. The van der Waals surface area contributed by atoms with Crippen molar-refractivity contribution >= 4 is 5.97 Å². The van der Waals surface area contributed by atoms with Crippen LogP contribution in [0.3, 0.4) is 0 Å². The highest BCUT2D eigenvalue weighted by Gasteiger charge is 2.22. The van der Waals surface area contributed by atoms with Gasteiger partial charge < -0.3 is 9.84 Å². The molecule has 4 heteroatoms. The van der Waals surface area contributed by atoms with Crippen LogP contribution in [0.25, 0.3) is 0 Å². The fourth-order valence-electron chi connectivity index (χ4n) is 2.53. The summed E-state index contributed by atoms with van der Waals surface area (Å²) >= 11 is 0. The SMILES string of the molecule is COC(=O)CC(CO)N(Cc1ccccc1)Cc1ccccc1. The van der Waals surface area contributed by atoms with Crippen molar-refractivity contribution in [2.75, 3.05) is 13.7 Å². The van der Waals surface area contributed by atoms with E-state index in [4.69, 9.17) is 4.74 Å². The quantitative estimate of drug-likeness (QED) is 0.761. The summed E-state index contributed by atoms with van der Waals surface area (Å²) in [6, 6.07) is 19.8. The number of aliphatic hydroxyl groups excluding tert-OH is 1. The van der Waals surface area contributed by atoms with Gasteiger partial charge in [-0.05, 0) is 11.1 Å². The minimum Gasteiger partial charge on any atom is -0.469 e. The molecule has 0 aromatic heterocycles. The number of methoxy groups -OCH3 is 1. The molecule has 2 rings (SSSR count). The van der Waals surface area contributed by atoms with E-state index >= 15 is 0 Å². The van der Waals surface area contributed by atoms with E-state index in [1.165, 1.54) is 7.11 Å². The summed E-state index contributed by atoms with van der Waals surface area (Å²) < 4.78 is 4.76. The molecule has 0 aliphatic heterocycles. The van der Waals surface area contributed by atoms with Crippen LogP contribution in [0.15, 0.2) is 60.7 Å². The van der Waals surface area contributed by atoms with Gasteiger partial charge in [-0.25, -0.2) is 0 Å². The van der Waals surface area contributed by atoms with Gasteiger partial charge >= 0.3 is 5.97 Å². The second kappa shape index (κ2) is 9.08. The number of hydrogen-bond acceptors (Lipinski definition) is 4. The Hall–Kier alpha value is -2.17. The number of nitrogens with zero attached hydrogens (tertiary/aromatic N) is 1. The predicted molar refractivity (Wildman–Crippen MR) is 89.6 cm³/mol. The molecule has 1 N–H and O–H groups in total. The Morgan fingerprint density at radius 3 is 1.87 bits per heavy atom. The largest absolute Gasteiger partial charge is 0.469 e. The molecule has 0 bridgehead atoms. The minimum atomic E-state index is -0.310. The first-order valence-electron chi connectivity index (χ1n) is 7.72. The summed E-state index contributed by atoms with van der Waals surface area (Å²) in [5.41, 5.74) is 2.29. The Labute approximate surface area is 137 Å². The maximum Gasteiger partial charge on any atom is 0.307 e. The highest BCUT2D eigenvalue weighted by molar-refractivity contribution is 5.69. The molecule has 4 nitrogen and oxygen atoms in total. The lowest BCUT2D eigenvalue weighted by molar-refractivity contribution is -0.142. The van der Waals surface area contributed by atoms with Crippen molar-refractivity contribution < 1.29 is 14.6 Å². The van der Waals surface area contributed by atoms with Crippen LogP contribution < -0.4 is 0 Å². The smallest absolute Gasteiger partial charge is 0.307 e. The van der Waals surface area contributed by atoms with Crippen LogP contribution in [-0.4, -0.2) is 35.7 Å². The number of ether oxygens (including phenoxy) is 1. The Morgan fingerprint density at radius 1 is 1.00 bits per heavy atom. The van der Waals surface area contributed by atoms with Gasteiger partial charge in [-0.3, -0.25) is 9.69 Å². The Balaban J connectivity index is 2.16. The van der Waals surface area contributed by atoms with Crippen molar-refractivity contribution in [1.29, 1.82) is 0 Å². The van der Waals surface area contributed by atoms with Crippen LogP contribution in [0.4, 0.5) is 0 Å². The highest BCUT2D eigenvalue weighted by atomic mass is 16.5. The zero-order valence-electron chi connectivity index (χ0n) is 13.4. The van der Waals surface area contributed by atoms with Gasteiger partial charge in [0.2, 0.25) is 0 Å². The number of esters is 1. The van der Waals surface area contributed by atoms with Gasteiger partial charge in [0.15, 0.2) is 0 Å². The summed E-state index contributed by atoms with van der Waals surface area (Å²) in [5.74, 6) is -0.310. The molecule has 2 aromatic carbocycles. The van der Waals surface area contributed by atoms with Crippen LogP contribution in [-0.2, 0) is 22.6 Å². The van der Waals surface area contributed by atoms with Gasteiger partial charge in [0.1, 0.15) is 0 Å². The number of benzene rings is 2. The normalized spacial score (nSPS) is 12.1. The van der Waals surface area contributed by atoms with E-state index < -0.39 is 0 Å². The lowest BCUT2D eigenvalue weighted by Crippen LogP contribution is -2.39. The second-order valence-corrected chi connectivity index (χ2v) is 5.49. The lowest BCUT2D eigenvalue weighted by Gasteiger charge is -2.30. The third-order valence-electron chi connectivity index (χ3n) is 3.81. The molecule has 1 unspecified atom stereocenters. The molecule has 0 fully saturated rings. The number of hydrogen-bond donors (Lipinski definition) is 1. The molecule has 0 heterocycles. The average Bonchev–Trinajstić information content (AvgIpc) is 2.60. The summed E-state index contributed by atoms with van der Waals surface area (Å²) in [7, 11) is 1.37. The molecule has 2 aromatic rings. The molecule has 0 aliphatic carbocycles. The molecule has 0 radical (unpaired) electrons. The summed E-state index contributed by atoms with van der Waals surface area (Å²) in [6.07, 6.45) is 0.173. The number of carbonyl (C=O) groups excluding carboxylic acids is 1. The first-order chi connectivity index (χ1) is 11.2. The zero-order chi connectivity index (χ0) is 16.5. The van der Waals surface area contributed by atoms with Crippen LogP contribution in [0.1, 0.15) is 17.5 Å². The predicted octanol–water partition coefficient (Wildman–Crippen LogP) is 2.61. The van der Waals surface area contributed by atoms with Crippen molar-refractivity contribution in [2.24, 2.45) is 0 Å². The molecular weight excluding hydrogens is 290 g/mol. The van der Waals surface area contributed by atoms with Crippen molar-refractivity contribution in [2.45, 2.75) is 25.6 Å². The third-order valence-corrected chi connectivity index (χ3v) is 3.81. The molecule has 122 valence electrons. The van der Waals surface area contributed by atoms with Gasteiger partial charge in [0.25, 0.3) is 0 Å².